The fraction of sp³-hybridized carbons (Fsp3) is 0.200. The number of hydrogen-bond acceptors (Lipinski definition) is 5. The molecule has 0 bridgehead atoms. The Labute approximate surface area is 127 Å². The summed E-state index contributed by atoms with van der Waals surface area (Å²) < 4.78 is 1.99. The normalized spacial score (nSPS) is 10.5. The number of aromatic amines is 1. The average molecular weight is 296 g/mol. The van der Waals surface area contributed by atoms with E-state index in [1.165, 1.54) is 0 Å². The zero-order valence-electron chi connectivity index (χ0n) is 11.9. The monoisotopic (exact) mass is 296 g/mol. The van der Waals surface area contributed by atoms with Crippen LogP contribution in [-0.4, -0.2) is 31.3 Å². The van der Waals surface area contributed by atoms with E-state index in [0.717, 1.165) is 18.5 Å². The molecule has 0 saturated heterocycles. The van der Waals surface area contributed by atoms with Gasteiger partial charge in [0.05, 0.1) is 6.33 Å². The Morgan fingerprint density at radius 1 is 1.18 bits per heavy atom. The largest absolute Gasteiger partial charge is 0.354 e. The van der Waals surface area contributed by atoms with Gasteiger partial charge >= 0.3 is 0 Å². The van der Waals surface area contributed by atoms with Crippen molar-refractivity contribution in [2.45, 2.75) is 13.0 Å². The highest BCUT2D eigenvalue weighted by atomic mass is 16.1. The van der Waals surface area contributed by atoms with Gasteiger partial charge in [-0.1, -0.05) is 30.3 Å². The van der Waals surface area contributed by atoms with E-state index >= 15 is 0 Å². The van der Waals surface area contributed by atoms with Crippen molar-refractivity contribution in [3.05, 3.63) is 59.4 Å². The van der Waals surface area contributed by atoms with E-state index in [2.05, 4.69) is 25.5 Å². The number of nitrogens with one attached hydrogen (secondary N) is 2. The van der Waals surface area contributed by atoms with Crippen LogP contribution in [0.25, 0.3) is 11.3 Å². The lowest BCUT2D eigenvalue weighted by Gasteiger charge is -2.06. The van der Waals surface area contributed by atoms with Gasteiger partial charge in [0.2, 0.25) is 5.95 Å². The number of aromatic nitrogens is 5. The summed E-state index contributed by atoms with van der Waals surface area (Å²) in [5, 5.41) is 11.1. The molecule has 0 saturated carbocycles. The fourth-order valence-corrected chi connectivity index (χ4v) is 2.09. The van der Waals surface area contributed by atoms with Crippen molar-refractivity contribution >= 4 is 5.95 Å². The first kappa shape index (κ1) is 14.0. The van der Waals surface area contributed by atoms with Crippen LogP contribution in [0.4, 0.5) is 5.95 Å². The Balaban J connectivity index is 1.59. The Bertz CT molecular complexity index is 766. The molecule has 7 heteroatoms. The standard InChI is InChI=1S/C15H16N6O/c22-14-13(12-5-2-1-3-6-12)19-20-15(18-14)17-7-4-9-21-10-8-16-11-21/h1-3,5-6,8,10-11H,4,7,9H2,(H2,17,18,20,22). The molecular formula is C15H16N6O. The first-order valence-electron chi connectivity index (χ1n) is 7.05. The molecule has 0 aliphatic rings. The summed E-state index contributed by atoms with van der Waals surface area (Å²) in [6.07, 6.45) is 6.33. The second-order valence-corrected chi connectivity index (χ2v) is 4.80. The molecule has 3 rings (SSSR count). The lowest BCUT2D eigenvalue weighted by molar-refractivity contribution is 0.658. The Morgan fingerprint density at radius 3 is 2.77 bits per heavy atom. The van der Waals surface area contributed by atoms with E-state index in [-0.39, 0.29) is 5.56 Å². The van der Waals surface area contributed by atoms with Crippen LogP contribution in [0.2, 0.25) is 0 Å². The maximum absolute atomic E-state index is 12.0. The molecule has 7 nitrogen and oxygen atoms in total. The summed E-state index contributed by atoms with van der Waals surface area (Å²) in [6, 6.07) is 9.27. The van der Waals surface area contributed by atoms with Crippen molar-refractivity contribution in [2.24, 2.45) is 0 Å². The number of nitrogens with zero attached hydrogens (tertiary/aromatic N) is 4. The molecular weight excluding hydrogens is 280 g/mol. The SMILES string of the molecule is O=c1[nH]c(NCCCn2ccnc2)nnc1-c1ccccc1. The number of imidazole rings is 1. The second-order valence-electron chi connectivity index (χ2n) is 4.80. The van der Waals surface area contributed by atoms with Gasteiger partial charge in [0, 0.05) is 31.0 Å². The number of benzene rings is 1. The van der Waals surface area contributed by atoms with Crippen LogP contribution in [-0.2, 0) is 6.54 Å². The number of hydrogen-bond donors (Lipinski definition) is 2. The third-order valence-electron chi connectivity index (χ3n) is 3.19. The van der Waals surface area contributed by atoms with Gasteiger partial charge < -0.3 is 9.88 Å². The van der Waals surface area contributed by atoms with Crippen LogP contribution in [0.3, 0.4) is 0 Å². The lowest BCUT2D eigenvalue weighted by Crippen LogP contribution is -2.17. The number of aryl methyl sites for hydroxylation is 1. The zero-order valence-corrected chi connectivity index (χ0v) is 11.9. The minimum absolute atomic E-state index is 0.252. The van der Waals surface area contributed by atoms with Crippen LogP contribution in [0.5, 0.6) is 0 Å². The first-order valence-corrected chi connectivity index (χ1v) is 7.05. The molecule has 0 fully saturated rings. The summed E-state index contributed by atoms with van der Waals surface area (Å²) in [6.45, 7) is 1.54. The molecule has 0 amide bonds. The summed E-state index contributed by atoms with van der Waals surface area (Å²) in [5.41, 5.74) is 0.825. The molecule has 0 spiro atoms. The van der Waals surface area contributed by atoms with Crippen LogP contribution in [0, 0.1) is 0 Å². The average Bonchev–Trinajstić information content (AvgIpc) is 3.06. The van der Waals surface area contributed by atoms with Gasteiger partial charge in [0.15, 0.2) is 5.69 Å². The van der Waals surface area contributed by atoms with E-state index in [4.69, 9.17) is 0 Å². The highest BCUT2D eigenvalue weighted by Crippen LogP contribution is 2.10. The molecule has 0 aliphatic carbocycles. The molecule has 3 aromatic rings. The molecule has 0 unspecified atom stereocenters. The van der Waals surface area contributed by atoms with Gasteiger partial charge in [0.25, 0.3) is 5.56 Å². The molecule has 0 atom stereocenters. The predicted octanol–water partition coefficient (Wildman–Crippen LogP) is 1.53. The predicted molar refractivity (Wildman–Crippen MR) is 83.4 cm³/mol. The molecule has 112 valence electrons. The van der Waals surface area contributed by atoms with Crippen LogP contribution < -0.4 is 10.9 Å². The minimum Gasteiger partial charge on any atom is -0.354 e. The summed E-state index contributed by atoms with van der Waals surface area (Å²) in [4.78, 5) is 18.7. The van der Waals surface area contributed by atoms with Gasteiger partial charge in [-0.3, -0.25) is 9.78 Å². The summed E-state index contributed by atoms with van der Waals surface area (Å²) in [7, 11) is 0. The molecule has 0 aliphatic heterocycles. The molecule has 1 aromatic carbocycles. The molecule has 2 N–H and O–H groups in total. The lowest BCUT2D eigenvalue weighted by atomic mass is 10.2. The van der Waals surface area contributed by atoms with E-state index in [0.29, 0.717) is 18.2 Å². The van der Waals surface area contributed by atoms with E-state index in [1.807, 2.05) is 41.1 Å². The highest BCUT2D eigenvalue weighted by Gasteiger charge is 2.06. The third kappa shape index (κ3) is 3.38. The summed E-state index contributed by atoms with van der Waals surface area (Å²) in [5.74, 6) is 0.385. The topological polar surface area (TPSA) is 88.5 Å². The highest BCUT2D eigenvalue weighted by molar-refractivity contribution is 5.57. The quantitative estimate of drug-likeness (QED) is 0.673. The van der Waals surface area contributed by atoms with Gasteiger partial charge in [0.1, 0.15) is 0 Å². The van der Waals surface area contributed by atoms with Gasteiger partial charge in [-0.05, 0) is 6.42 Å². The molecule has 0 radical (unpaired) electrons. The van der Waals surface area contributed by atoms with Crippen LogP contribution >= 0.6 is 0 Å². The maximum Gasteiger partial charge on any atom is 0.279 e. The Hall–Kier alpha value is -2.96. The van der Waals surface area contributed by atoms with Crippen LogP contribution in [0.15, 0.2) is 53.8 Å². The van der Waals surface area contributed by atoms with Crippen molar-refractivity contribution in [3.63, 3.8) is 0 Å². The summed E-state index contributed by atoms with van der Waals surface area (Å²) >= 11 is 0. The van der Waals surface area contributed by atoms with Crippen molar-refractivity contribution in [2.75, 3.05) is 11.9 Å². The number of anilines is 1. The zero-order chi connectivity index (χ0) is 15.2. The van der Waals surface area contributed by atoms with Crippen LogP contribution in [0.1, 0.15) is 6.42 Å². The number of rotatable bonds is 6. The molecule has 22 heavy (non-hydrogen) atoms. The Kier molecular flexibility index (Phi) is 4.24. The molecule has 2 heterocycles. The van der Waals surface area contributed by atoms with E-state index < -0.39 is 0 Å². The smallest absolute Gasteiger partial charge is 0.279 e. The molecule has 2 aromatic heterocycles. The van der Waals surface area contributed by atoms with Gasteiger partial charge in [-0.2, -0.15) is 0 Å². The van der Waals surface area contributed by atoms with E-state index in [9.17, 15) is 4.79 Å². The number of H-pyrrole nitrogens is 1. The second kappa shape index (κ2) is 6.66. The fourth-order valence-electron chi connectivity index (χ4n) is 2.09. The van der Waals surface area contributed by atoms with Crippen molar-refractivity contribution in [1.29, 1.82) is 0 Å². The van der Waals surface area contributed by atoms with Crippen molar-refractivity contribution in [1.82, 2.24) is 24.7 Å². The minimum atomic E-state index is -0.252. The third-order valence-corrected chi connectivity index (χ3v) is 3.19. The van der Waals surface area contributed by atoms with Crippen molar-refractivity contribution < 1.29 is 0 Å². The van der Waals surface area contributed by atoms with E-state index in [1.54, 1.807) is 12.5 Å². The Morgan fingerprint density at radius 2 is 2.05 bits per heavy atom. The van der Waals surface area contributed by atoms with Crippen molar-refractivity contribution in [3.8, 4) is 11.3 Å². The maximum atomic E-state index is 12.0. The van der Waals surface area contributed by atoms with Gasteiger partial charge in [-0.15, -0.1) is 10.2 Å². The first-order chi connectivity index (χ1) is 10.8. The van der Waals surface area contributed by atoms with Gasteiger partial charge in [-0.25, -0.2) is 4.98 Å².